The van der Waals surface area contributed by atoms with Crippen molar-refractivity contribution in [3.8, 4) is 0 Å². The third kappa shape index (κ3) is 3.98. The van der Waals surface area contributed by atoms with Gasteiger partial charge in [-0.25, -0.2) is 0 Å². The lowest BCUT2D eigenvalue weighted by Gasteiger charge is -2.20. The van der Waals surface area contributed by atoms with Gasteiger partial charge in [0.1, 0.15) is 6.54 Å². The number of fused-ring (bicyclic) bond motifs is 1. The van der Waals surface area contributed by atoms with Crippen molar-refractivity contribution in [2.24, 2.45) is 0 Å². The summed E-state index contributed by atoms with van der Waals surface area (Å²) in [6.45, 7) is -0.260. The van der Waals surface area contributed by atoms with E-state index in [-0.39, 0.29) is 17.7 Å². The molecule has 2 aromatic carbocycles. The largest absolute Gasteiger partial charge is 0.416 e. The molecule has 1 N–H and O–H groups in total. The molecule has 9 heteroatoms. The van der Waals surface area contributed by atoms with E-state index in [1.165, 1.54) is 10.7 Å². The molecule has 3 aromatic rings. The van der Waals surface area contributed by atoms with E-state index in [2.05, 4.69) is 10.4 Å². The lowest BCUT2D eigenvalue weighted by Crippen LogP contribution is -2.24. The standard InChI is InChI=1S/C19H17F3N4O2/c1-25(2)16-8-7-12(19(20,21)22)9-14(16)24-18(28)11-26-15-6-4-3-5-13(15)17(27)10-23-26/h3-10H,11H2,1-2H3,(H,24,28). The molecule has 1 aromatic heterocycles. The van der Waals surface area contributed by atoms with Crippen molar-refractivity contribution in [3.63, 3.8) is 0 Å². The van der Waals surface area contributed by atoms with Crippen LogP contribution in [0.1, 0.15) is 5.56 Å². The second-order valence-corrected chi connectivity index (χ2v) is 6.36. The molecule has 146 valence electrons. The number of nitrogens with zero attached hydrogens (tertiary/aromatic N) is 3. The van der Waals surface area contributed by atoms with Crippen LogP contribution in [0.5, 0.6) is 0 Å². The molecule has 0 aliphatic rings. The van der Waals surface area contributed by atoms with Crippen LogP contribution in [-0.2, 0) is 17.5 Å². The second-order valence-electron chi connectivity index (χ2n) is 6.36. The molecule has 0 fully saturated rings. The topological polar surface area (TPSA) is 67.2 Å². The van der Waals surface area contributed by atoms with Crippen molar-refractivity contribution >= 4 is 28.2 Å². The summed E-state index contributed by atoms with van der Waals surface area (Å²) in [6, 6.07) is 9.81. The first kappa shape index (κ1) is 19.4. The van der Waals surface area contributed by atoms with Crippen LogP contribution in [-0.4, -0.2) is 29.8 Å². The molecule has 0 saturated carbocycles. The quantitative estimate of drug-likeness (QED) is 0.743. The van der Waals surface area contributed by atoms with E-state index < -0.39 is 17.6 Å². The summed E-state index contributed by atoms with van der Waals surface area (Å²) in [5.41, 5.74) is -0.211. The summed E-state index contributed by atoms with van der Waals surface area (Å²) in [5.74, 6) is -0.566. The highest BCUT2D eigenvalue weighted by Crippen LogP contribution is 2.34. The summed E-state index contributed by atoms with van der Waals surface area (Å²) >= 11 is 0. The minimum Gasteiger partial charge on any atom is -0.376 e. The molecule has 0 aliphatic carbocycles. The first-order chi connectivity index (χ1) is 13.2. The number of nitrogens with one attached hydrogen (secondary N) is 1. The van der Waals surface area contributed by atoms with Gasteiger partial charge >= 0.3 is 6.18 Å². The van der Waals surface area contributed by atoms with Gasteiger partial charge in [-0.3, -0.25) is 14.3 Å². The monoisotopic (exact) mass is 390 g/mol. The Balaban J connectivity index is 1.92. The molecule has 0 radical (unpaired) electrons. The maximum Gasteiger partial charge on any atom is 0.416 e. The van der Waals surface area contributed by atoms with E-state index in [9.17, 15) is 22.8 Å². The highest BCUT2D eigenvalue weighted by atomic mass is 19.4. The summed E-state index contributed by atoms with van der Waals surface area (Å²) < 4.78 is 40.4. The zero-order chi connectivity index (χ0) is 20.5. The number of carbonyl (C=O) groups is 1. The summed E-state index contributed by atoms with van der Waals surface area (Å²) in [6.07, 6.45) is -3.42. The second kappa shape index (κ2) is 7.34. The molecule has 28 heavy (non-hydrogen) atoms. The summed E-state index contributed by atoms with van der Waals surface area (Å²) in [4.78, 5) is 26.0. The number of amides is 1. The fourth-order valence-electron chi connectivity index (χ4n) is 2.82. The van der Waals surface area contributed by atoms with E-state index in [1.54, 1.807) is 43.3 Å². The zero-order valence-electron chi connectivity index (χ0n) is 15.1. The lowest BCUT2D eigenvalue weighted by molar-refractivity contribution is -0.137. The third-order valence-electron chi connectivity index (χ3n) is 4.14. The predicted molar refractivity (Wildman–Crippen MR) is 100 cm³/mol. The van der Waals surface area contributed by atoms with Crippen molar-refractivity contribution in [2.75, 3.05) is 24.3 Å². The molecule has 0 atom stereocenters. The van der Waals surface area contributed by atoms with Crippen molar-refractivity contribution in [1.29, 1.82) is 0 Å². The number of rotatable bonds is 4. The average molecular weight is 390 g/mol. The van der Waals surface area contributed by atoms with Gasteiger partial charge in [-0.2, -0.15) is 18.3 Å². The first-order valence-electron chi connectivity index (χ1n) is 8.30. The Bertz CT molecular complexity index is 1090. The smallest absolute Gasteiger partial charge is 0.376 e. The van der Waals surface area contributed by atoms with Crippen molar-refractivity contribution in [3.05, 3.63) is 64.4 Å². The Kier molecular flexibility index (Phi) is 5.08. The van der Waals surface area contributed by atoms with Gasteiger partial charge in [0, 0.05) is 19.5 Å². The fourth-order valence-corrected chi connectivity index (χ4v) is 2.82. The van der Waals surface area contributed by atoms with E-state index in [4.69, 9.17) is 0 Å². The molecule has 0 aliphatic heterocycles. The number of hydrogen-bond donors (Lipinski definition) is 1. The van der Waals surface area contributed by atoms with Crippen molar-refractivity contribution in [1.82, 2.24) is 9.78 Å². The van der Waals surface area contributed by atoms with Crippen LogP contribution in [0.25, 0.3) is 10.9 Å². The molecular formula is C19H17F3N4O2. The highest BCUT2D eigenvalue weighted by molar-refractivity contribution is 5.95. The number of hydrogen-bond acceptors (Lipinski definition) is 4. The van der Waals surface area contributed by atoms with E-state index >= 15 is 0 Å². The minimum atomic E-state index is -4.53. The Labute approximate surface area is 158 Å². The Morgan fingerprint density at radius 3 is 2.57 bits per heavy atom. The van der Waals surface area contributed by atoms with Crippen LogP contribution in [0.3, 0.4) is 0 Å². The SMILES string of the molecule is CN(C)c1ccc(C(F)(F)F)cc1NC(=O)Cn1ncc(=O)c2ccccc21. The lowest BCUT2D eigenvalue weighted by atomic mass is 10.1. The summed E-state index contributed by atoms with van der Waals surface area (Å²) in [7, 11) is 3.32. The molecule has 1 heterocycles. The molecule has 0 bridgehead atoms. The molecule has 0 spiro atoms. The highest BCUT2D eigenvalue weighted by Gasteiger charge is 2.31. The van der Waals surface area contributed by atoms with Crippen LogP contribution in [0.2, 0.25) is 0 Å². The van der Waals surface area contributed by atoms with E-state index in [0.29, 0.717) is 16.6 Å². The molecule has 6 nitrogen and oxygen atoms in total. The number of anilines is 2. The molecule has 0 unspecified atom stereocenters. The number of halogens is 3. The Hall–Kier alpha value is -3.36. The number of para-hydroxylation sites is 1. The normalized spacial score (nSPS) is 11.5. The number of aromatic nitrogens is 2. The predicted octanol–water partition coefficient (Wildman–Crippen LogP) is 3.12. The van der Waals surface area contributed by atoms with Crippen LogP contribution in [0.15, 0.2) is 53.5 Å². The molecular weight excluding hydrogens is 373 g/mol. The van der Waals surface area contributed by atoms with Gasteiger partial charge in [-0.1, -0.05) is 12.1 Å². The van der Waals surface area contributed by atoms with Gasteiger partial charge in [-0.05, 0) is 30.3 Å². The van der Waals surface area contributed by atoms with Gasteiger partial charge in [0.05, 0.1) is 28.7 Å². The number of alkyl halides is 3. The molecule has 1 amide bonds. The van der Waals surface area contributed by atoms with Gasteiger partial charge in [-0.15, -0.1) is 0 Å². The van der Waals surface area contributed by atoms with Gasteiger partial charge in [0.2, 0.25) is 11.3 Å². The van der Waals surface area contributed by atoms with Gasteiger partial charge < -0.3 is 10.2 Å². The van der Waals surface area contributed by atoms with Crippen LogP contribution < -0.4 is 15.6 Å². The molecule has 0 saturated heterocycles. The van der Waals surface area contributed by atoms with E-state index in [0.717, 1.165) is 18.3 Å². The maximum absolute atomic E-state index is 13.0. The number of carbonyl (C=O) groups excluding carboxylic acids is 1. The minimum absolute atomic E-state index is 0.0372. The van der Waals surface area contributed by atoms with Crippen molar-refractivity contribution < 1.29 is 18.0 Å². The summed E-state index contributed by atoms with van der Waals surface area (Å²) in [5, 5.41) is 6.87. The number of benzene rings is 2. The third-order valence-corrected chi connectivity index (χ3v) is 4.14. The Morgan fingerprint density at radius 1 is 1.18 bits per heavy atom. The van der Waals surface area contributed by atoms with Crippen LogP contribution >= 0.6 is 0 Å². The van der Waals surface area contributed by atoms with Crippen molar-refractivity contribution in [2.45, 2.75) is 12.7 Å². The van der Waals surface area contributed by atoms with Gasteiger partial charge in [0.15, 0.2) is 0 Å². The van der Waals surface area contributed by atoms with E-state index in [1.807, 2.05) is 0 Å². The average Bonchev–Trinajstić information content (AvgIpc) is 2.63. The maximum atomic E-state index is 13.0. The van der Waals surface area contributed by atoms with Crippen LogP contribution in [0.4, 0.5) is 24.5 Å². The Morgan fingerprint density at radius 2 is 1.89 bits per heavy atom. The molecule has 3 rings (SSSR count). The first-order valence-corrected chi connectivity index (χ1v) is 8.30. The van der Waals surface area contributed by atoms with Crippen LogP contribution in [0, 0.1) is 0 Å². The zero-order valence-corrected chi connectivity index (χ0v) is 15.1. The van der Waals surface area contributed by atoms with Gasteiger partial charge in [0.25, 0.3) is 0 Å². The fraction of sp³-hybridized carbons (Fsp3) is 0.211.